The van der Waals surface area contributed by atoms with Gasteiger partial charge in [0.15, 0.2) is 0 Å². The van der Waals surface area contributed by atoms with Crippen LogP contribution in [-0.2, 0) is 0 Å². The summed E-state index contributed by atoms with van der Waals surface area (Å²) in [4.78, 5) is 16.5. The predicted octanol–water partition coefficient (Wildman–Crippen LogP) is 5.46. The van der Waals surface area contributed by atoms with Crippen molar-refractivity contribution in [3.63, 3.8) is 0 Å². The molecule has 3 rings (SSSR count). The van der Waals surface area contributed by atoms with E-state index in [1.54, 1.807) is 13.0 Å². The Morgan fingerprint density at radius 3 is 2.44 bits per heavy atom. The highest BCUT2D eigenvalue weighted by molar-refractivity contribution is 9.10. The molecule has 25 heavy (non-hydrogen) atoms. The predicted molar refractivity (Wildman–Crippen MR) is 102 cm³/mol. The molecule has 0 aliphatic rings. The molecule has 0 fully saturated rings. The van der Waals surface area contributed by atoms with Gasteiger partial charge in [-0.05, 0) is 68.8 Å². The third-order valence-corrected chi connectivity index (χ3v) is 4.40. The molecular formula is C20H18BrNO3. The number of pyridine rings is 1. The average Bonchev–Trinajstić information content (AvgIpc) is 2.54. The van der Waals surface area contributed by atoms with Gasteiger partial charge < -0.3 is 9.84 Å². The van der Waals surface area contributed by atoms with Crippen LogP contribution < -0.4 is 4.74 Å². The van der Waals surface area contributed by atoms with E-state index >= 15 is 0 Å². The summed E-state index contributed by atoms with van der Waals surface area (Å²) >= 11 is 3.40. The first kappa shape index (κ1) is 17.4. The van der Waals surface area contributed by atoms with Crippen molar-refractivity contribution < 1.29 is 14.6 Å². The molecule has 0 aliphatic heterocycles. The molecule has 0 saturated carbocycles. The Balaban J connectivity index is 2.18. The lowest BCUT2D eigenvalue weighted by molar-refractivity contribution is 0.0698. The molecule has 5 heteroatoms. The van der Waals surface area contributed by atoms with Gasteiger partial charge in [0, 0.05) is 15.4 Å². The first-order chi connectivity index (χ1) is 11.9. The topological polar surface area (TPSA) is 59.4 Å². The quantitative estimate of drug-likeness (QED) is 0.632. The average molecular weight is 400 g/mol. The minimum Gasteiger partial charge on any atom is -0.491 e. The number of carbonyl (C=O) groups is 1. The fourth-order valence-electron chi connectivity index (χ4n) is 2.85. The lowest BCUT2D eigenvalue weighted by atomic mass is 9.98. The minimum atomic E-state index is -0.955. The highest BCUT2D eigenvalue weighted by atomic mass is 79.9. The van der Waals surface area contributed by atoms with Gasteiger partial charge in [-0.25, -0.2) is 9.78 Å². The minimum absolute atomic E-state index is 0.100. The molecule has 4 nitrogen and oxygen atoms in total. The van der Waals surface area contributed by atoms with Crippen molar-refractivity contribution in [1.29, 1.82) is 0 Å². The molecule has 0 radical (unpaired) electrons. The zero-order valence-corrected chi connectivity index (χ0v) is 15.8. The molecular weight excluding hydrogens is 382 g/mol. The number of aromatic carboxylic acids is 1. The summed E-state index contributed by atoms with van der Waals surface area (Å²) in [6, 6.07) is 13.0. The fraction of sp³-hybridized carbons (Fsp3) is 0.200. The molecule has 2 aromatic carbocycles. The van der Waals surface area contributed by atoms with Gasteiger partial charge in [-0.2, -0.15) is 0 Å². The van der Waals surface area contributed by atoms with E-state index in [0.717, 1.165) is 15.8 Å². The van der Waals surface area contributed by atoms with E-state index < -0.39 is 5.97 Å². The first-order valence-corrected chi connectivity index (χ1v) is 8.76. The Labute approximate surface area is 154 Å². The van der Waals surface area contributed by atoms with Gasteiger partial charge in [-0.15, -0.1) is 0 Å². The van der Waals surface area contributed by atoms with Crippen LogP contribution in [0.1, 0.15) is 29.8 Å². The fourth-order valence-corrected chi connectivity index (χ4v) is 3.21. The second-order valence-electron chi connectivity index (χ2n) is 6.12. The number of rotatable bonds is 4. The van der Waals surface area contributed by atoms with E-state index in [2.05, 4.69) is 15.9 Å². The van der Waals surface area contributed by atoms with Crippen LogP contribution in [0.15, 0.2) is 46.9 Å². The molecule has 0 bridgehead atoms. The Morgan fingerprint density at radius 1 is 1.16 bits per heavy atom. The van der Waals surface area contributed by atoms with Crippen molar-refractivity contribution in [2.45, 2.75) is 26.9 Å². The normalized spacial score (nSPS) is 11.1. The number of fused-ring (bicyclic) bond motifs is 1. The number of hydrogen-bond donors (Lipinski definition) is 1. The van der Waals surface area contributed by atoms with Crippen molar-refractivity contribution in [1.82, 2.24) is 4.98 Å². The van der Waals surface area contributed by atoms with Crippen LogP contribution in [0, 0.1) is 6.92 Å². The summed E-state index contributed by atoms with van der Waals surface area (Å²) in [7, 11) is 0. The van der Waals surface area contributed by atoms with Crippen LogP contribution >= 0.6 is 15.9 Å². The number of aromatic nitrogens is 1. The van der Waals surface area contributed by atoms with Crippen LogP contribution in [0.2, 0.25) is 0 Å². The van der Waals surface area contributed by atoms with Crippen LogP contribution in [0.4, 0.5) is 0 Å². The number of ether oxygens (including phenoxy) is 1. The van der Waals surface area contributed by atoms with Crippen LogP contribution in [-0.4, -0.2) is 22.2 Å². The molecule has 0 saturated heterocycles. The maximum Gasteiger partial charge on any atom is 0.336 e. The van der Waals surface area contributed by atoms with Crippen molar-refractivity contribution in [2.75, 3.05) is 0 Å². The van der Waals surface area contributed by atoms with Crippen LogP contribution in [0.25, 0.3) is 22.2 Å². The molecule has 3 aromatic rings. The van der Waals surface area contributed by atoms with Crippen LogP contribution in [0.3, 0.4) is 0 Å². The van der Waals surface area contributed by atoms with Gasteiger partial charge in [-0.1, -0.05) is 15.9 Å². The smallest absolute Gasteiger partial charge is 0.336 e. The molecule has 0 aliphatic carbocycles. The van der Waals surface area contributed by atoms with Crippen molar-refractivity contribution in [2.24, 2.45) is 0 Å². The van der Waals surface area contributed by atoms with Crippen molar-refractivity contribution in [3.05, 3.63) is 58.1 Å². The lowest BCUT2D eigenvalue weighted by Gasteiger charge is -2.14. The van der Waals surface area contributed by atoms with Crippen LogP contribution in [0.5, 0.6) is 5.75 Å². The van der Waals surface area contributed by atoms with Crippen molar-refractivity contribution in [3.8, 4) is 17.0 Å². The Kier molecular flexibility index (Phi) is 4.77. The largest absolute Gasteiger partial charge is 0.491 e. The van der Waals surface area contributed by atoms with E-state index in [1.165, 1.54) is 0 Å². The molecule has 0 spiro atoms. The van der Waals surface area contributed by atoms with Gasteiger partial charge >= 0.3 is 5.97 Å². The Hall–Kier alpha value is -2.40. The SMILES string of the molecule is Cc1c(-c2ccc(OC(C)C)cc2)nc2ccc(Br)cc2c1C(=O)O. The third kappa shape index (κ3) is 3.51. The summed E-state index contributed by atoms with van der Waals surface area (Å²) in [6.07, 6.45) is 0.100. The monoisotopic (exact) mass is 399 g/mol. The summed E-state index contributed by atoms with van der Waals surface area (Å²) in [5.74, 6) is -0.177. The maximum absolute atomic E-state index is 11.8. The standard InChI is InChI=1S/C20H18BrNO3/c1-11(2)25-15-7-4-13(5-8-15)19-12(3)18(20(23)24)16-10-14(21)6-9-17(16)22-19/h4-11H,1-3H3,(H,23,24). The Morgan fingerprint density at radius 2 is 1.84 bits per heavy atom. The number of benzene rings is 2. The maximum atomic E-state index is 11.8. The molecule has 1 N–H and O–H groups in total. The summed E-state index contributed by atoms with van der Waals surface area (Å²) < 4.78 is 6.49. The van der Waals surface area contributed by atoms with Gasteiger partial charge in [0.2, 0.25) is 0 Å². The molecule has 128 valence electrons. The van der Waals surface area contributed by atoms with E-state index in [-0.39, 0.29) is 11.7 Å². The number of carboxylic acid groups (broad SMARTS) is 1. The highest BCUT2D eigenvalue weighted by Gasteiger charge is 2.18. The van der Waals surface area contributed by atoms with Gasteiger partial charge in [0.1, 0.15) is 5.75 Å². The summed E-state index contributed by atoms with van der Waals surface area (Å²) in [5, 5.41) is 10.3. The second kappa shape index (κ2) is 6.84. The zero-order chi connectivity index (χ0) is 18.1. The van der Waals surface area contributed by atoms with Gasteiger partial charge in [0.05, 0.1) is 22.9 Å². The number of halogens is 1. The highest BCUT2D eigenvalue weighted by Crippen LogP contribution is 2.32. The zero-order valence-electron chi connectivity index (χ0n) is 14.2. The first-order valence-electron chi connectivity index (χ1n) is 7.97. The molecule has 0 unspecified atom stereocenters. The number of hydrogen-bond acceptors (Lipinski definition) is 3. The molecule has 0 atom stereocenters. The van der Waals surface area contributed by atoms with E-state index in [9.17, 15) is 9.90 Å². The van der Waals surface area contributed by atoms with E-state index in [1.807, 2.05) is 50.2 Å². The number of carboxylic acids is 1. The van der Waals surface area contributed by atoms with Crippen molar-refractivity contribution >= 4 is 32.8 Å². The molecule has 1 heterocycles. The van der Waals surface area contributed by atoms with Gasteiger partial charge in [0.25, 0.3) is 0 Å². The van der Waals surface area contributed by atoms with Gasteiger partial charge in [-0.3, -0.25) is 0 Å². The second-order valence-corrected chi connectivity index (χ2v) is 7.03. The van der Waals surface area contributed by atoms with E-state index in [0.29, 0.717) is 22.2 Å². The Bertz CT molecular complexity index is 949. The number of nitrogens with zero attached hydrogens (tertiary/aromatic N) is 1. The van der Waals surface area contributed by atoms with E-state index in [4.69, 9.17) is 9.72 Å². The summed E-state index contributed by atoms with van der Waals surface area (Å²) in [6.45, 7) is 5.74. The molecule has 1 aromatic heterocycles. The third-order valence-electron chi connectivity index (χ3n) is 3.90. The molecule has 0 amide bonds. The summed E-state index contributed by atoms with van der Waals surface area (Å²) in [5.41, 5.74) is 3.12. The lowest BCUT2D eigenvalue weighted by Crippen LogP contribution is -2.06.